The zero-order chi connectivity index (χ0) is 16.8. The van der Waals surface area contributed by atoms with Crippen LogP contribution in [0.3, 0.4) is 0 Å². The second-order valence-electron chi connectivity index (χ2n) is 6.20. The van der Waals surface area contributed by atoms with Gasteiger partial charge in [0, 0.05) is 26.2 Å². The first kappa shape index (κ1) is 18.0. The monoisotopic (exact) mass is 311 g/mol. The van der Waals surface area contributed by atoms with Gasteiger partial charge in [0.2, 0.25) is 11.8 Å². The van der Waals surface area contributed by atoms with E-state index >= 15 is 0 Å². The maximum Gasteiger partial charge on any atom is 0.410 e. The maximum atomic E-state index is 12.0. The van der Waals surface area contributed by atoms with E-state index in [0.717, 1.165) is 0 Å². The lowest BCUT2D eigenvalue weighted by molar-refractivity contribution is -0.124. The van der Waals surface area contributed by atoms with Crippen LogP contribution in [-0.2, 0) is 14.3 Å². The molecule has 22 heavy (non-hydrogen) atoms. The van der Waals surface area contributed by atoms with Gasteiger partial charge < -0.3 is 20.3 Å². The molecule has 0 saturated carbocycles. The highest BCUT2D eigenvalue weighted by atomic mass is 16.6. The number of carbonyl (C=O) groups is 3. The second kappa shape index (κ2) is 7.82. The summed E-state index contributed by atoms with van der Waals surface area (Å²) >= 11 is 0. The third kappa shape index (κ3) is 6.15. The van der Waals surface area contributed by atoms with Crippen molar-refractivity contribution in [3.05, 3.63) is 12.7 Å². The highest BCUT2D eigenvalue weighted by molar-refractivity contribution is 5.86. The molecule has 1 aliphatic heterocycles. The summed E-state index contributed by atoms with van der Waals surface area (Å²) in [6.45, 7) is 10.3. The molecule has 124 valence electrons. The number of carbonyl (C=O) groups excluding carboxylic acids is 3. The smallest absolute Gasteiger partial charge is 0.410 e. The molecule has 1 unspecified atom stereocenters. The van der Waals surface area contributed by atoms with Crippen molar-refractivity contribution in [3.8, 4) is 0 Å². The Morgan fingerprint density at radius 1 is 1.27 bits per heavy atom. The molecule has 0 aliphatic carbocycles. The average Bonchev–Trinajstić information content (AvgIpc) is 2.91. The number of hydrogen-bond acceptors (Lipinski definition) is 4. The summed E-state index contributed by atoms with van der Waals surface area (Å²) in [5.74, 6) is -0.618. The van der Waals surface area contributed by atoms with Crippen molar-refractivity contribution >= 4 is 17.9 Å². The number of nitrogens with zero attached hydrogens (tertiary/aromatic N) is 1. The first-order valence-electron chi connectivity index (χ1n) is 7.39. The van der Waals surface area contributed by atoms with Crippen LogP contribution >= 0.6 is 0 Å². The van der Waals surface area contributed by atoms with E-state index in [0.29, 0.717) is 32.6 Å². The van der Waals surface area contributed by atoms with E-state index in [2.05, 4.69) is 17.2 Å². The lowest BCUT2D eigenvalue weighted by atomic mass is 10.1. The molecule has 1 aliphatic rings. The summed E-state index contributed by atoms with van der Waals surface area (Å²) < 4.78 is 5.29. The van der Waals surface area contributed by atoms with Gasteiger partial charge in [-0.05, 0) is 33.3 Å². The molecule has 0 spiro atoms. The minimum Gasteiger partial charge on any atom is -0.444 e. The number of likely N-dealkylation sites (tertiary alicyclic amines) is 1. The third-order valence-corrected chi connectivity index (χ3v) is 3.12. The second-order valence-corrected chi connectivity index (χ2v) is 6.20. The van der Waals surface area contributed by atoms with Crippen LogP contribution < -0.4 is 10.6 Å². The summed E-state index contributed by atoms with van der Waals surface area (Å²) in [5.41, 5.74) is -0.541. The van der Waals surface area contributed by atoms with Gasteiger partial charge in [-0.1, -0.05) is 6.58 Å². The molecule has 1 rings (SSSR count). The maximum absolute atomic E-state index is 12.0. The molecule has 0 aromatic rings. The van der Waals surface area contributed by atoms with Crippen molar-refractivity contribution in [2.24, 2.45) is 5.92 Å². The van der Waals surface area contributed by atoms with Gasteiger partial charge in [0.05, 0.1) is 5.92 Å². The Hall–Kier alpha value is -2.05. The lowest BCUT2D eigenvalue weighted by Gasteiger charge is -2.24. The number of ether oxygens (including phenoxy) is 1. The van der Waals surface area contributed by atoms with Crippen LogP contribution in [0.1, 0.15) is 27.2 Å². The molecule has 3 amide bonds. The lowest BCUT2D eigenvalue weighted by Crippen LogP contribution is -2.39. The molecule has 7 heteroatoms. The van der Waals surface area contributed by atoms with Gasteiger partial charge in [0.25, 0.3) is 0 Å². The molecule has 1 heterocycles. The van der Waals surface area contributed by atoms with Crippen molar-refractivity contribution in [2.45, 2.75) is 32.8 Å². The number of amides is 3. The molecular formula is C15H25N3O4. The predicted octanol–water partition coefficient (Wildman–Crippen LogP) is 0.662. The fourth-order valence-electron chi connectivity index (χ4n) is 2.05. The molecule has 2 N–H and O–H groups in total. The minimum atomic E-state index is -0.541. The zero-order valence-electron chi connectivity index (χ0n) is 13.5. The van der Waals surface area contributed by atoms with Gasteiger partial charge in [-0.25, -0.2) is 4.79 Å². The molecule has 1 atom stereocenters. The first-order chi connectivity index (χ1) is 10.2. The van der Waals surface area contributed by atoms with E-state index in [4.69, 9.17) is 4.74 Å². The molecule has 0 aromatic carbocycles. The largest absolute Gasteiger partial charge is 0.444 e. The van der Waals surface area contributed by atoms with Crippen LogP contribution in [-0.4, -0.2) is 54.6 Å². The first-order valence-corrected chi connectivity index (χ1v) is 7.39. The van der Waals surface area contributed by atoms with Crippen molar-refractivity contribution in [1.82, 2.24) is 15.5 Å². The Kier molecular flexibility index (Phi) is 6.39. The van der Waals surface area contributed by atoms with Gasteiger partial charge in [-0.2, -0.15) is 0 Å². The molecular weight excluding hydrogens is 286 g/mol. The van der Waals surface area contributed by atoms with Crippen molar-refractivity contribution in [1.29, 1.82) is 0 Å². The number of nitrogens with one attached hydrogen (secondary N) is 2. The van der Waals surface area contributed by atoms with Crippen LogP contribution in [0.2, 0.25) is 0 Å². The highest BCUT2D eigenvalue weighted by Crippen LogP contribution is 2.19. The summed E-state index contributed by atoms with van der Waals surface area (Å²) in [5, 5.41) is 5.32. The van der Waals surface area contributed by atoms with Gasteiger partial charge in [-0.15, -0.1) is 0 Å². The topological polar surface area (TPSA) is 87.7 Å². The van der Waals surface area contributed by atoms with Crippen LogP contribution in [0.25, 0.3) is 0 Å². The number of hydrogen-bond donors (Lipinski definition) is 2. The molecule has 0 aromatic heterocycles. The quantitative estimate of drug-likeness (QED) is 0.577. The molecule has 7 nitrogen and oxygen atoms in total. The van der Waals surface area contributed by atoms with Gasteiger partial charge in [0.15, 0.2) is 0 Å². The normalized spacial score (nSPS) is 17.8. The predicted molar refractivity (Wildman–Crippen MR) is 82.1 cm³/mol. The van der Waals surface area contributed by atoms with E-state index in [9.17, 15) is 14.4 Å². The molecule has 0 radical (unpaired) electrons. The van der Waals surface area contributed by atoms with Gasteiger partial charge in [0.1, 0.15) is 5.60 Å². The fraction of sp³-hybridized carbons (Fsp3) is 0.667. The number of rotatable bonds is 5. The third-order valence-electron chi connectivity index (χ3n) is 3.12. The standard InChI is InChI=1S/C15H25N3O4/c1-5-12(19)16-7-8-17-13(20)11-6-9-18(10-11)14(21)22-15(2,3)4/h5,11H,1,6-10H2,2-4H3,(H,16,19)(H,17,20). The molecule has 1 saturated heterocycles. The Labute approximate surface area is 131 Å². The van der Waals surface area contributed by atoms with Crippen molar-refractivity contribution in [3.63, 3.8) is 0 Å². The van der Waals surface area contributed by atoms with Crippen LogP contribution in [0.15, 0.2) is 12.7 Å². The summed E-state index contributed by atoms with van der Waals surface area (Å²) in [4.78, 5) is 36.4. The molecule has 1 fully saturated rings. The van der Waals surface area contributed by atoms with E-state index in [1.54, 1.807) is 4.90 Å². The Balaban J connectivity index is 2.30. The van der Waals surface area contributed by atoms with E-state index in [-0.39, 0.29) is 23.8 Å². The van der Waals surface area contributed by atoms with E-state index in [1.165, 1.54) is 6.08 Å². The van der Waals surface area contributed by atoms with Crippen LogP contribution in [0, 0.1) is 5.92 Å². The Morgan fingerprint density at radius 2 is 1.91 bits per heavy atom. The van der Waals surface area contributed by atoms with Crippen molar-refractivity contribution in [2.75, 3.05) is 26.2 Å². The Bertz CT molecular complexity index is 443. The highest BCUT2D eigenvalue weighted by Gasteiger charge is 2.33. The van der Waals surface area contributed by atoms with Gasteiger partial charge >= 0.3 is 6.09 Å². The molecule has 0 bridgehead atoms. The Morgan fingerprint density at radius 3 is 2.50 bits per heavy atom. The van der Waals surface area contributed by atoms with Crippen LogP contribution in [0.5, 0.6) is 0 Å². The minimum absolute atomic E-state index is 0.112. The van der Waals surface area contributed by atoms with E-state index < -0.39 is 5.60 Å². The average molecular weight is 311 g/mol. The SMILES string of the molecule is C=CC(=O)NCCNC(=O)C1CCN(C(=O)OC(C)(C)C)C1. The van der Waals surface area contributed by atoms with Crippen LogP contribution in [0.4, 0.5) is 4.79 Å². The van der Waals surface area contributed by atoms with E-state index in [1.807, 2.05) is 20.8 Å². The summed E-state index contributed by atoms with van der Waals surface area (Å²) in [6.07, 6.45) is 1.41. The van der Waals surface area contributed by atoms with Gasteiger partial charge in [-0.3, -0.25) is 9.59 Å². The van der Waals surface area contributed by atoms with Crippen molar-refractivity contribution < 1.29 is 19.1 Å². The fourth-order valence-corrected chi connectivity index (χ4v) is 2.05. The summed E-state index contributed by atoms with van der Waals surface area (Å²) in [6, 6.07) is 0. The summed E-state index contributed by atoms with van der Waals surface area (Å²) in [7, 11) is 0. The zero-order valence-corrected chi connectivity index (χ0v) is 13.5.